The number of aliphatic hydroxyl groups is 1. The SMILES string of the molecule is CCC(CCO)CNC(=O)C1CCCCN1. The van der Waals surface area contributed by atoms with Crippen LogP contribution < -0.4 is 10.6 Å². The lowest BCUT2D eigenvalue weighted by molar-refractivity contribution is -0.123. The van der Waals surface area contributed by atoms with Crippen LogP contribution in [0.15, 0.2) is 0 Å². The molecule has 0 radical (unpaired) electrons. The van der Waals surface area contributed by atoms with Crippen molar-refractivity contribution < 1.29 is 9.90 Å². The first-order valence-electron chi connectivity index (χ1n) is 6.39. The summed E-state index contributed by atoms with van der Waals surface area (Å²) in [4.78, 5) is 11.8. The van der Waals surface area contributed by atoms with Gasteiger partial charge in [-0.1, -0.05) is 19.8 Å². The van der Waals surface area contributed by atoms with E-state index < -0.39 is 0 Å². The van der Waals surface area contributed by atoms with Crippen molar-refractivity contribution >= 4 is 5.91 Å². The second kappa shape index (κ2) is 7.63. The third kappa shape index (κ3) is 4.49. The maximum atomic E-state index is 11.8. The van der Waals surface area contributed by atoms with Gasteiger partial charge in [0.2, 0.25) is 5.91 Å². The van der Waals surface area contributed by atoms with E-state index in [1.807, 2.05) is 0 Å². The molecule has 1 rings (SSSR count). The first kappa shape index (κ1) is 13.5. The third-order valence-corrected chi connectivity index (χ3v) is 3.31. The number of aliphatic hydroxyl groups excluding tert-OH is 1. The Bertz CT molecular complexity index is 203. The Morgan fingerprint density at radius 1 is 1.56 bits per heavy atom. The topological polar surface area (TPSA) is 61.4 Å². The average molecular weight is 228 g/mol. The minimum atomic E-state index is 0.000354. The molecular weight excluding hydrogens is 204 g/mol. The highest BCUT2D eigenvalue weighted by atomic mass is 16.3. The monoisotopic (exact) mass is 228 g/mol. The summed E-state index contributed by atoms with van der Waals surface area (Å²) in [7, 11) is 0. The molecule has 1 heterocycles. The van der Waals surface area contributed by atoms with Gasteiger partial charge in [0.05, 0.1) is 6.04 Å². The third-order valence-electron chi connectivity index (χ3n) is 3.31. The fourth-order valence-corrected chi connectivity index (χ4v) is 2.08. The lowest BCUT2D eigenvalue weighted by Gasteiger charge is -2.23. The lowest BCUT2D eigenvalue weighted by Crippen LogP contribution is -2.47. The van der Waals surface area contributed by atoms with Crippen LogP contribution in [0.5, 0.6) is 0 Å². The van der Waals surface area contributed by atoms with Crippen molar-refractivity contribution in [2.45, 2.75) is 45.1 Å². The van der Waals surface area contributed by atoms with Crippen molar-refractivity contribution in [2.75, 3.05) is 19.7 Å². The van der Waals surface area contributed by atoms with Gasteiger partial charge in [-0.25, -0.2) is 0 Å². The summed E-state index contributed by atoms with van der Waals surface area (Å²) >= 11 is 0. The van der Waals surface area contributed by atoms with Crippen LogP contribution in [0.25, 0.3) is 0 Å². The molecule has 2 unspecified atom stereocenters. The van der Waals surface area contributed by atoms with Crippen molar-refractivity contribution in [1.29, 1.82) is 0 Å². The van der Waals surface area contributed by atoms with Crippen LogP contribution in [0.3, 0.4) is 0 Å². The lowest BCUT2D eigenvalue weighted by atomic mass is 10.0. The number of piperidine rings is 1. The molecule has 0 spiro atoms. The van der Waals surface area contributed by atoms with Crippen molar-refractivity contribution in [1.82, 2.24) is 10.6 Å². The fraction of sp³-hybridized carbons (Fsp3) is 0.917. The first-order valence-corrected chi connectivity index (χ1v) is 6.39. The molecule has 4 heteroatoms. The van der Waals surface area contributed by atoms with Crippen LogP contribution in [0.4, 0.5) is 0 Å². The Kier molecular flexibility index (Phi) is 6.42. The van der Waals surface area contributed by atoms with Crippen LogP contribution in [-0.2, 0) is 4.79 Å². The predicted molar refractivity (Wildman–Crippen MR) is 64.1 cm³/mol. The summed E-state index contributed by atoms with van der Waals surface area (Å²) in [6, 6.07) is 0.000354. The number of nitrogens with one attached hydrogen (secondary N) is 2. The number of hydrogen-bond acceptors (Lipinski definition) is 3. The molecule has 0 bridgehead atoms. The first-order chi connectivity index (χ1) is 7.77. The molecule has 4 nitrogen and oxygen atoms in total. The van der Waals surface area contributed by atoms with E-state index in [0.29, 0.717) is 12.5 Å². The maximum Gasteiger partial charge on any atom is 0.237 e. The van der Waals surface area contributed by atoms with E-state index in [4.69, 9.17) is 5.11 Å². The molecular formula is C12H24N2O2. The Morgan fingerprint density at radius 2 is 2.38 bits per heavy atom. The summed E-state index contributed by atoms with van der Waals surface area (Å²) in [5, 5.41) is 15.1. The molecule has 3 N–H and O–H groups in total. The predicted octanol–water partition coefficient (Wildman–Crippen LogP) is 0.653. The van der Waals surface area contributed by atoms with Crippen LogP contribution >= 0.6 is 0 Å². The minimum absolute atomic E-state index is 0.000354. The van der Waals surface area contributed by atoms with E-state index in [0.717, 1.165) is 32.2 Å². The van der Waals surface area contributed by atoms with Gasteiger partial charge in [0.15, 0.2) is 0 Å². The van der Waals surface area contributed by atoms with Gasteiger partial charge >= 0.3 is 0 Å². The maximum absolute atomic E-state index is 11.8. The Balaban J connectivity index is 2.22. The van der Waals surface area contributed by atoms with Gasteiger partial charge in [0, 0.05) is 13.2 Å². The van der Waals surface area contributed by atoms with Gasteiger partial charge in [-0.2, -0.15) is 0 Å². The summed E-state index contributed by atoms with van der Waals surface area (Å²) < 4.78 is 0. The largest absolute Gasteiger partial charge is 0.396 e. The molecule has 1 aliphatic heterocycles. The standard InChI is InChI=1S/C12H24N2O2/c1-2-10(6-8-15)9-14-12(16)11-5-3-4-7-13-11/h10-11,13,15H,2-9H2,1H3,(H,14,16). The van der Waals surface area contributed by atoms with Crippen LogP contribution in [0, 0.1) is 5.92 Å². The molecule has 1 saturated heterocycles. The molecule has 0 aromatic carbocycles. The van der Waals surface area contributed by atoms with E-state index in [9.17, 15) is 4.79 Å². The molecule has 1 amide bonds. The Labute approximate surface area is 97.8 Å². The number of amides is 1. The highest BCUT2D eigenvalue weighted by molar-refractivity contribution is 5.81. The smallest absolute Gasteiger partial charge is 0.237 e. The number of carbonyl (C=O) groups is 1. The molecule has 94 valence electrons. The summed E-state index contributed by atoms with van der Waals surface area (Å²) in [5.41, 5.74) is 0. The Hall–Kier alpha value is -0.610. The number of rotatable bonds is 6. The molecule has 1 aliphatic rings. The summed E-state index contributed by atoms with van der Waals surface area (Å²) in [6.45, 7) is 3.93. The van der Waals surface area contributed by atoms with E-state index in [1.165, 1.54) is 6.42 Å². The van der Waals surface area contributed by atoms with Gasteiger partial charge in [-0.3, -0.25) is 4.79 Å². The van der Waals surface area contributed by atoms with Crippen molar-refractivity contribution in [3.8, 4) is 0 Å². The highest BCUT2D eigenvalue weighted by Gasteiger charge is 2.20. The zero-order valence-electron chi connectivity index (χ0n) is 10.2. The molecule has 16 heavy (non-hydrogen) atoms. The van der Waals surface area contributed by atoms with Gasteiger partial charge in [-0.05, 0) is 31.7 Å². The van der Waals surface area contributed by atoms with Crippen molar-refractivity contribution in [2.24, 2.45) is 5.92 Å². The molecule has 1 fully saturated rings. The Morgan fingerprint density at radius 3 is 2.94 bits per heavy atom. The van der Waals surface area contributed by atoms with E-state index in [2.05, 4.69) is 17.6 Å². The summed E-state index contributed by atoms with van der Waals surface area (Å²) in [6.07, 6.45) is 5.03. The minimum Gasteiger partial charge on any atom is -0.396 e. The van der Waals surface area contributed by atoms with Gasteiger partial charge in [-0.15, -0.1) is 0 Å². The molecule has 0 saturated carbocycles. The van der Waals surface area contributed by atoms with Gasteiger partial charge < -0.3 is 15.7 Å². The van der Waals surface area contributed by atoms with E-state index in [-0.39, 0.29) is 18.6 Å². The molecule has 0 aliphatic carbocycles. The zero-order valence-corrected chi connectivity index (χ0v) is 10.2. The summed E-state index contributed by atoms with van der Waals surface area (Å²) in [5.74, 6) is 0.522. The number of hydrogen-bond donors (Lipinski definition) is 3. The molecule has 2 atom stereocenters. The number of carbonyl (C=O) groups excluding carboxylic acids is 1. The average Bonchev–Trinajstić information content (AvgIpc) is 2.35. The fourth-order valence-electron chi connectivity index (χ4n) is 2.08. The molecule has 0 aromatic rings. The van der Waals surface area contributed by atoms with Crippen LogP contribution in [0.2, 0.25) is 0 Å². The van der Waals surface area contributed by atoms with Gasteiger partial charge in [0.25, 0.3) is 0 Å². The quantitative estimate of drug-likeness (QED) is 0.625. The van der Waals surface area contributed by atoms with Crippen molar-refractivity contribution in [3.05, 3.63) is 0 Å². The van der Waals surface area contributed by atoms with Gasteiger partial charge in [0.1, 0.15) is 0 Å². The van der Waals surface area contributed by atoms with Crippen LogP contribution in [0.1, 0.15) is 39.0 Å². The zero-order chi connectivity index (χ0) is 11.8. The second-order valence-electron chi connectivity index (χ2n) is 4.53. The van der Waals surface area contributed by atoms with Crippen molar-refractivity contribution in [3.63, 3.8) is 0 Å². The van der Waals surface area contributed by atoms with E-state index in [1.54, 1.807) is 0 Å². The second-order valence-corrected chi connectivity index (χ2v) is 4.53. The highest BCUT2D eigenvalue weighted by Crippen LogP contribution is 2.08. The normalized spacial score (nSPS) is 22.8. The van der Waals surface area contributed by atoms with E-state index >= 15 is 0 Å². The van der Waals surface area contributed by atoms with Crippen LogP contribution in [-0.4, -0.2) is 36.8 Å². The molecule has 0 aromatic heterocycles.